The van der Waals surface area contributed by atoms with Crippen molar-refractivity contribution in [3.05, 3.63) is 77.6 Å². The van der Waals surface area contributed by atoms with E-state index >= 15 is 0 Å². The van der Waals surface area contributed by atoms with E-state index in [0.717, 1.165) is 12.4 Å². The third kappa shape index (κ3) is 4.44. The molecular weight excluding hydrogens is 340 g/mol. The largest absolute Gasteiger partial charge is 0.455 e. The average molecular weight is 355 g/mol. The van der Waals surface area contributed by atoms with Crippen molar-refractivity contribution in [2.24, 2.45) is 0 Å². The van der Waals surface area contributed by atoms with Crippen LogP contribution < -0.4 is 4.74 Å². The lowest BCUT2D eigenvalue weighted by Crippen LogP contribution is -2.09. The Morgan fingerprint density at radius 2 is 1.85 bits per heavy atom. The number of carbonyl (C=O) groups is 1. The quantitative estimate of drug-likeness (QED) is 0.627. The highest BCUT2D eigenvalue weighted by atomic mass is 19.1. The van der Waals surface area contributed by atoms with Crippen molar-refractivity contribution in [2.75, 3.05) is 0 Å². The van der Waals surface area contributed by atoms with Crippen LogP contribution in [0.3, 0.4) is 0 Å². The van der Waals surface area contributed by atoms with Gasteiger partial charge in [0.15, 0.2) is 5.78 Å². The van der Waals surface area contributed by atoms with Crippen LogP contribution in [-0.4, -0.2) is 20.7 Å². The van der Waals surface area contributed by atoms with Gasteiger partial charge in [-0.3, -0.25) is 14.8 Å². The number of carbonyl (C=O) groups excluding carboxylic acids is 1. The van der Waals surface area contributed by atoms with Gasteiger partial charge in [-0.1, -0.05) is 6.92 Å². The van der Waals surface area contributed by atoms with E-state index in [1.54, 1.807) is 6.07 Å². The summed E-state index contributed by atoms with van der Waals surface area (Å²) in [7, 11) is 0. The summed E-state index contributed by atoms with van der Waals surface area (Å²) in [5, 5.41) is 0. The first-order chi connectivity index (χ1) is 12.5. The van der Waals surface area contributed by atoms with Gasteiger partial charge in [0.05, 0.1) is 25.0 Å². The Balaban J connectivity index is 1.84. The molecule has 132 valence electrons. The zero-order valence-corrected chi connectivity index (χ0v) is 13.9. The molecule has 0 radical (unpaired) electrons. The first-order valence-corrected chi connectivity index (χ1v) is 7.96. The van der Waals surface area contributed by atoms with E-state index in [0.29, 0.717) is 23.6 Å². The minimum atomic E-state index is -0.522. The highest BCUT2D eigenvalue weighted by Crippen LogP contribution is 2.23. The topological polar surface area (TPSA) is 65.0 Å². The van der Waals surface area contributed by atoms with Crippen molar-refractivity contribution >= 4 is 5.78 Å². The first kappa shape index (κ1) is 17.6. The van der Waals surface area contributed by atoms with Crippen LogP contribution in [0.15, 0.2) is 48.9 Å². The lowest BCUT2D eigenvalue weighted by molar-refractivity contribution is 0.0986. The Bertz CT molecular complexity index is 930. The summed E-state index contributed by atoms with van der Waals surface area (Å²) in [6, 6.07) is 7.06. The smallest absolute Gasteiger partial charge is 0.187 e. The minimum absolute atomic E-state index is 0.0125. The maximum Gasteiger partial charge on any atom is 0.187 e. The molecule has 7 heteroatoms. The Morgan fingerprint density at radius 3 is 2.54 bits per heavy atom. The summed E-state index contributed by atoms with van der Waals surface area (Å²) < 4.78 is 31.8. The molecule has 0 atom stereocenters. The van der Waals surface area contributed by atoms with E-state index < -0.39 is 11.6 Å². The maximum absolute atomic E-state index is 13.3. The molecule has 26 heavy (non-hydrogen) atoms. The third-order valence-corrected chi connectivity index (χ3v) is 3.55. The van der Waals surface area contributed by atoms with E-state index in [-0.39, 0.29) is 23.6 Å². The van der Waals surface area contributed by atoms with Crippen LogP contribution in [0.4, 0.5) is 8.78 Å². The number of nitrogens with zero attached hydrogens (tertiary/aromatic N) is 3. The number of Topliss-reactive ketones (excluding diaryl/α,β-unsaturated/α-hetero) is 1. The van der Waals surface area contributed by atoms with Gasteiger partial charge in [0, 0.05) is 29.6 Å². The fourth-order valence-electron chi connectivity index (χ4n) is 2.29. The van der Waals surface area contributed by atoms with Crippen molar-refractivity contribution in [1.29, 1.82) is 0 Å². The molecule has 3 heterocycles. The number of halogens is 2. The molecule has 0 unspecified atom stereocenters. The van der Waals surface area contributed by atoms with Crippen LogP contribution in [0, 0.1) is 11.6 Å². The van der Waals surface area contributed by atoms with Crippen molar-refractivity contribution < 1.29 is 18.3 Å². The summed E-state index contributed by atoms with van der Waals surface area (Å²) in [6.07, 6.45) is 4.08. The van der Waals surface area contributed by atoms with Crippen LogP contribution in [0.1, 0.15) is 28.8 Å². The number of hydrogen-bond acceptors (Lipinski definition) is 5. The second-order valence-electron chi connectivity index (χ2n) is 5.54. The predicted octanol–water partition coefficient (Wildman–Crippen LogP) is 3.93. The Labute approximate surface area is 148 Å². The van der Waals surface area contributed by atoms with Crippen LogP contribution in [0.2, 0.25) is 0 Å². The Kier molecular flexibility index (Phi) is 5.26. The van der Waals surface area contributed by atoms with Crippen LogP contribution >= 0.6 is 0 Å². The highest BCUT2D eigenvalue weighted by Gasteiger charge is 2.13. The van der Waals surface area contributed by atoms with Crippen molar-refractivity contribution in [2.45, 2.75) is 19.8 Å². The van der Waals surface area contributed by atoms with Crippen LogP contribution in [0.25, 0.3) is 0 Å². The molecule has 0 aliphatic heterocycles. The fourth-order valence-corrected chi connectivity index (χ4v) is 2.29. The van der Waals surface area contributed by atoms with Crippen molar-refractivity contribution in [3.63, 3.8) is 0 Å². The first-order valence-electron chi connectivity index (χ1n) is 7.96. The predicted molar refractivity (Wildman–Crippen MR) is 90.1 cm³/mol. The second-order valence-corrected chi connectivity index (χ2v) is 5.54. The molecule has 0 fully saturated rings. The molecule has 0 saturated carbocycles. The molecule has 0 aromatic carbocycles. The van der Waals surface area contributed by atoms with Crippen LogP contribution in [0.5, 0.6) is 11.5 Å². The van der Waals surface area contributed by atoms with Gasteiger partial charge in [0.25, 0.3) is 0 Å². The van der Waals surface area contributed by atoms with Gasteiger partial charge in [-0.2, -0.15) is 0 Å². The number of hydrogen-bond donors (Lipinski definition) is 0. The SMILES string of the molecule is CCc1cc(Oc2cncc(F)c2)cc(C(=O)Cc2ccc(F)cn2)n1. The molecule has 0 aliphatic carbocycles. The van der Waals surface area contributed by atoms with E-state index in [1.807, 2.05) is 6.92 Å². The molecule has 3 rings (SSSR count). The lowest BCUT2D eigenvalue weighted by atomic mass is 10.1. The molecule has 0 saturated heterocycles. The molecule has 3 aromatic heterocycles. The van der Waals surface area contributed by atoms with Crippen molar-refractivity contribution in [3.8, 4) is 11.5 Å². The number of rotatable bonds is 6. The third-order valence-electron chi connectivity index (χ3n) is 3.55. The highest BCUT2D eigenvalue weighted by molar-refractivity contribution is 5.95. The summed E-state index contributed by atoms with van der Waals surface area (Å²) in [6.45, 7) is 1.89. The normalized spacial score (nSPS) is 10.6. The Hall–Kier alpha value is -3.22. The Morgan fingerprint density at radius 1 is 1.00 bits per heavy atom. The van der Waals surface area contributed by atoms with Gasteiger partial charge in [0.1, 0.15) is 28.8 Å². The van der Waals surface area contributed by atoms with Gasteiger partial charge in [-0.05, 0) is 18.6 Å². The number of ether oxygens (including phenoxy) is 1. The molecular formula is C19H15F2N3O2. The molecule has 0 aliphatic rings. The zero-order chi connectivity index (χ0) is 18.5. The summed E-state index contributed by atoms with van der Waals surface area (Å²) in [5.41, 5.74) is 1.30. The molecule has 0 spiro atoms. The fraction of sp³-hybridized carbons (Fsp3) is 0.158. The van der Waals surface area contributed by atoms with E-state index in [2.05, 4.69) is 15.0 Å². The molecule has 3 aromatic rings. The van der Waals surface area contributed by atoms with Crippen molar-refractivity contribution in [1.82, 2.24) is 15.0 Å². The van der Waals surface area contributed by atoms with Gasteiger partial charge in [0.2, 0.25) is 0 Å². The summed E-state index contributed by atoms with van der Waals surface area (Å²) in [5.74, 6) is -0.684. The summed E-state index contributed by atoms with van der Waals surface area (Å²) >= 11 is 0. The minimum Gasteiger partial charge on any atom is -0.455 e. The standard InChI is InChI=1S/C19H15F2N3O2/c1-2-14-6-16(26-17-5-13(21)9-22-11-17)8-18(24-14)19(25)7-15-4-3-12(20)10-23-15/h3-6,8-11H,2,7H2,1H3. The number of ketones is 1. The molecule has 0 bridgehead atoms. The number of pyridine rings is 3. The van der Waals surface area contributed by atoms with Gasteiger partial charge >= 0.3 is 0 Å². The second kappa shape index (κ2) is 7.77. The lowest BCUT2D eigenvalue weighted by Gasteiger charge is -2.09. The summed E-state index contributed by atoms with van der Waals surface area (Å²) in [4.78, 5) is 24.4. The average Bonchev–Trinajstić information content (AvgIpc) is 2.63. The molecule has 0 amide bonds. The van der Waals surface area contributed by atoms with E-state index in [9.17, 15) is 13.6 Å². The van der Waals surface area contributed by atoms with Gasteiger partial charge in [-0.15, -0.1) is 0 Å². The van der Waals surface area contributed by atoms with E-state index in [1.165, 1.54) is 30.5 Å². The maximum atomic E-state index is 13.3. The monoisotopic (exact) mass is 355 g/mol. The molecule has 5 nitrogen and oxygen atoms in total. The number of aryl methyl sites for hydroxylation is 1. The zero-order valence-electron chi connectivity index (χ0n) is 13.9. The number of aromatic nitrogens is 3. The van der Waals surface area contributed by atoms with Crippen LogP contribution in [-0.2, 0) is 12.8 Å². The molecule has 0 N–H and O–H groups in total. The van der Waals surface area contributed by atoms with Gasteiger partial charge in [-0.25, -0.2) is 13.8 Å². The van der Waals surface area contributed by atoms with Gasteiger partial charge < -0.3 is 4.74 Å². The van der Waals surface area contributed by atoms with E-state index in [4.69, 9.17) is 4.74 Å².